The summed E-state index contributed by atoms with van der Waals surface area (Å²) in [5.74, 6) is 1.66. The Bertz CT molecular complexity index is 1560. The molecule has 2 aliphatic rings. The average Bonchev–Trinajstić information content (AvgIpc) is 3.67. The van der Waals surface area contributed by atoms with Crippen molar-refractivity contribution in [3.05, 3.63) is 57.4 Å². The predicted octanol–water partition coefficient (Wildman–Crippen LogP) is 8.82. The van der Waals surface area contributed by atoms with Crippen LogP contribution in [0.15, 0.2) is 12.1 Å². The van der Waals surface area contributed by atoms with Crippen molar-refractivity contribution in [1.29, 1.82) is 0 Å². The first-order chi connectivity index (χ1) is 19.5. The summed E-state index contributed by atoms with van der Waals surface area (Å²) >= 11 is 0. The van der Waals surface area contributed by atoms with E-state index in [1.165, 1.54) is 44.5 Å². The standard InChI is InChI=1S/C34H44N6/c1-9-19-23(13-5)31-35-27(19)17-28-20(10-2)24(14-6)33(36-28)40-34-26(16-8)22(12-4)30(38-34)18-29-21(11-3)25(15-7)32(37-29)39-31/h17-18H,9-16H2,1-8H3,(H,35,37,39)(H,36,38,40). The van der Waals surface area contributed by atoms with E-state index in [0.29, 0.717) is 0 Å². The molecule has 0 saturated heterocycles. The average molecular weight is 537 g/mol. The molecule has 0 amide bonds. The lowest BCUT2D eigenvalue weighted by molar-refractivity contribution is 1.05. The van der Waals surface area contributed by atoms with Gasteiger partial charge in [0.15, 0.2) is 11.6 Å². The van der Waals surface area contributed by atoms with E-state index in [0.717, 1.165) is 96.7 Å². The number of allylic oxidation sites excluding steroid dienone is 4. The second kappa shape index (κ2) is 11.5. The minimum Gasteiger partial charge on any atom is -0.340 e. The van der Waals surface area contributed by atoms with Crippen molar-refractivity contribution in [3.8, 4) is 0 Å². The Morgan fingerprint density at radius 2 is 0.800 bits per heavy atom. The van der Waals surface area contributed by atoms with E-state index in [1.807, 2.05) is 0 Å². The number of aromatic nitrogens is 6. The number of rotatable bonds is 8. The van der Waals surface area contributed by atoms with Crippen LogP contribution in [-0.4, -0.2) is 29.9 Å². The van der Waals surface area contributed by atoms with Crippen LogP contribution >= 0.6 is 0 Å². The number of nitrogens with zero attached hydrogens (tertiary/aromatic N) is 4. The van der Waals surface area contributed by atoms with Crippen LogP contribution in [0.3, 0.4) is 0 Å². The summed E-state index contributed by atoms with van der Waals surface area (Å²) in [6.07, 6.45) is 7.32. The molecule has 6 heteroatoms. The second-order valence-electron chi connectivity index (χ2n) is 10.6. The first-order valence-corrected chi connectivity index (χ1v) is 15.4. The lowest BCUT2D eigenvalue weighted by atomic mass is 9.99. The van der Waals surface area contributed by atoms with Gasteiger partial charge in [0.05, 0.1) is 11.4 Å². The number of nitrogens with one attached hydrogen (secondary N) is 2. The highest BCUT2D eigenvalue weighted by molar-refractivity contribution is 5.94. The van der Waals surface area contributed by atoms with Gasteiger partial charge in [0.1, 0.15) is 11.3 Å². The number of hydrogen-bond acceptors (Lipinski definition) is 4. The smallest absolute Gasteiger partial charge is 0.158 e. The lowest BCUT2D eigenvalue weighted by Gasteiger charge is -2.04. The van der Waals surface area contributed by atoms with E-state index in [-0.39, 0.29) is 0 Å². The van der Waals surface area contributed by atoms with Crippen molar-refractivity contribution in [2.24, 2.45) is 0 Å². The van der Waals surface area contributed by atoms with Gasteiger partial charge in [-0.1, -0.05) is 55.4 Å². The quantitative estimate of drug-likeness (QED) is 0.301. The lowest BCUT2D eigenvalue weighted by Crippen LogP contribution is -1.90. The summed E-state index contributed by atoms with van der Waals surface area (Å²) in [4.78, 5) is 28.2. The van der Waals surface area contributed by atoms with Crippen LogP contribution < -0.4 is 0 Å². The first kappa shape index (κ1) is 28.0. The maximum Gasteiger partial charge on any atom is 0.158 e. The van der Waals surface area contributed by atoms with Gasteiger partial charge in [0.2, 0.25) is 0 Å². The largest absolute Gasteiger partial charge is 0.340 e. The number of fused-ring (bicyclic) bond motifs is 8. The Kier molecular flexibility index (Phi) is 8.07. The third-order valence-electron chi connectivity index (χ3n) is 8.62. The molecule has 2 aliphatic heterocycles. The molecule has 6 nitrogen and oxygen atoms in total. The zero-order valence-corrected chi connectivity index (χ0v) is 25.6. The van der Waals surface area contributed by atoms with Crippen LogP contribution in [0.5, 0.6) is 0 Å². The predicted molar refractivity (Wildman–Crippen MR) is 169 cm³/mol. The number of H-pyrrole nitrogens is 2. The molecule has 2 N–H and O–H groups in total. The SMILES string of the molecule is CCC1=C(CC)c2nc1cc1nc(nc3[nH]c(cc4[nH]c(n2)c(CC)c4CC)c(CC)c3CC)C(CC)=C1CC. The fourth-order valence-electron chi connectivity index (χ4n) is 6.69. The summed E-state index contributed by atoms with van der Waals surface area (Å²) in [5, 5.41) is 0. The van der Waals surface area contributed by atoms with Gasteiger partial charge in [-0.2, -0.15) is 0 Å². The monoisotopic (exact) mass is 536 g/mol. The Balaban J connectivity index is 2.03. The molecule has 0 radical (unpaired) electrons. The number of aromatic amines is 2. The Labute approximate surface area is 238 Å². The topological polar surface area (TPSA) is 83.1 Å². The zero-order valence-electron chi connectivity index (χ0n) is 25.6. The van der Waals surface area contributed by atoms with Gasteiger partial charge in [0.25, 0.3) is 0 Å². The maximum atomic E-state index is 5.23. The Hall–Kier alpha value is -3.54. The second-order valence-corrected chi connectivity index (χ2v) is 10.6. The Morgan fingerprint density at radius 1 is 0.425 bits per heavy atom. The van der Waals surface area contributed by atoms with Crippen molar-refractivity contribution in [2.75, 3.05) is 0 Å². The van der Waals surface area contributed by atoms with E-state index in [9.17, 15) is 0 Å². The fourth-order valence-corrected chi connectivity index (χ4v) is 6.69. The van der Waals surface area contributed by atoms with E-state index in [4.69, 9.17) is 19.9 Å². The molecule has 0 aromatic carbocycles. The van der Waals surface area contributed by atoms with Crippen LogP contribution in [-0.2, 0) is 25.7 Å². The molecule has 5 rings (SSSR count). The van der Waals surface area contributed by atoms with Gasteiger partial charge in [0, 0.05) is 22.2 Å². The third kappa shape index (κ3) is 4.51. The minimum atomic E-state index is 0.831. The molecule has 8 bridgehead atoms. The molecule has 0 fully saturated rings. The van der Waals surface area contributed by atoms with E-state index in [2.05, 4.69) is 77.5 Å². The van der Waals surface area contributed by atoms with E-state index in [1.54, 1.807) is 0 Å². The number of hydrogen-bond donors (Lipinski definition) is 2. The Morgan fingerprint density at radius 3 is 1.12 bits per heavy atom. The van der Waals surface area contributed by atoms with Crippen molar-refractivity contribution < 1.29 is 0 Å². The molecule has 0 aliphatic carbocycles. The summed E-state index contributed by atoms with van der Waals surface area (Å²) < 4.78 is 0. The van der Waals surface area contributed by atoms with Crippen LogP contribution in [0, 0.1) is 0 Å². The van der Waals surface area contributed by atoms with Gasteiger partial charge in [-0.25, -0.2) is 19.9 Å². The molecular weight excluding hydrogens is 492 g/mol. The van der Waals surface area contributed by atoms with Crippen LogP contribution in [0.1, 0.15) is 126 Å². The van der Waals surface area contributed by atoms with Gasteiger partial charge < -0.3 is 9.97 Å². The highest BCUT2D eigenvalue weighted by atomic mass is 15.0. The molecule has 0 spiro atoms. The first-order valence-electron chi connectivity index (χ1n) is 15.4. The third-order valence-corrected chi connectivity index (χ3v) is 8.62. The van der Waals surface area contributed by atoms with Crippen molar-refractivity contribution >= 4 is 44.6 Å². The van der Waals surface area contributed by atoms with Crippen LogP contribution in [0.2, 0.25) is 0 Å². The van der Waals surface area contributed by atoms with Gasteiger partial charge in [-0.05, 0) is 96.9 Å². The number of aryl methyl sites for hydroxylation is 4. The molecule has 0 atom stereocenters. The highest BCUT2D eigenvalue weighted by Crippen LogP contribution is 2.38. The summed E-state index contributed by atoms with van der Waals surface area (Å²) in [6, 6.07) is 4.46. The van der Waals surface area contributed by atoms with Crippen LogP contribution in [0.25, 0.3) is 44.6 Å². The van der Waals surface area contributed by atoms with Crippen LogP contribution in [0.4, 0.5) is 0 Å². The van der Waals surface area contributed by atoms with Crippen molar-refractivity contribution in [1.82, 2.24) is 29.9 Å². The fraction of sp³-hybridized carbons (Fsp3) is 0.471. The zero-order chi connectivity index (χ0) is 28.6. The van der Waals surface area contributed by atoms with Gasteiger partial charge >= 0.3 is 0 Å². The molecule has 5 heterocycles. The molecular formula is C34H44N6. The maximum absolute atomic E-state index is 5.23. The summed E-state index contributed by atoms with van der Waals surface area (Å²) in [5.41, 5.74) is 16.3. The molecule has 0 saturated carbocycles. The summed E-state index contributed by atoms with van der Waals surface area (Å²) in [7, 11) is 0. The van der Waals surface area contributed by atoms with E-state index >= 15 is 0 Å². The molecule has 0 unspecified atom stereocenters. The molecule has 210 valence electrons. The molecule has 3 aromatic rings. The van der Waals surface area contributed by atoms with E-state index < -0.39 is 0 Å². The van der Waals surface area contributed by atoms with Gasteiger partial charge in [-0.3, -0.25) is 0 Å². The minimum absolute atomic E-state index is 0.831. The van der Waals surface area contributed by atoms with Crippen molar-refractivity contribution in [3.63, 3.8) is 0 Å². The van der Waals surface area contributed by atoms with Gasteiger partial charge in [-0.15, -0.1) is 0 Å². The summed E-state index contributed by atoms with van der Waals surface area (Å²) in [6.45, 7) is 17.7. The molecule has 3 aromatic heterocycles. The highest BCUT2D eigenvalue weighted by Gasteiger charge is 2.23. The van der Waals surface area contributed by atoms with Crippen molar-refractivity contribution in [2.45, 2.75) is 107 Å². The normalized spacial score (nSPS) is 13.6. The molecule has 40 heavy (non-hydrogen) atoms.